The number of aliphatic hydroxyl groups is 4. The first-order valence-electron chi connectivity index (χ1n) is 22.1. The first kappa shape index (κ1) is 65.8. The number of rotatable bonds is 20. The smallest absolute Gasteiger partial charge is 0.397 e. The number of nitrogen functional groups attached to an aromatic ring is 2. The Balaban J connectivity index is 0.000000339. The zero-order valence-corrected chi connectivity index (χ0v) is 46.3. The summed E-state index contributed by atoms with van der Waals surface area (Å²) in [5, 5.41) is 70.6. The summed E-state index contributed by atoms with van der Waals surface area (Å²) in [6, 6.07) is 12.6. The Morgan fingerprint density at radius 3 is 1.42 bits per heavy atom. The Hall–Kier alpha value is -3.72. The lowest BCUT2D eigenvalue weighted by molar-refractivity contribution is -0.118. The molecule has 0 radical (unpaired) electrons. The Morgan fingerprint density at radius 2 is 1.05 bits per heavy atom. The molecule has 428 valence electrons. The molecule has 4 aromatic heterocycles. The number of phosphoric ester groups is 2. The van der Waals surface area contributed by atoms with E-state index in [1.807, 2.05) is 6.07 Å². The Kier molecular flexibility index (Phi) is 21.7. The largest absolute Gasteiger partial charge is 0.490 e. The van der Waals surface area contributed by atoms with Gasteiger partial charge >= 0.3 is 31.3 Å². The maximum absolute atomic E-state index is 13.6. The number of hydrogen-bond acceptors (Lipinski definition) is 26. The number of thioether (sulfide) groups is 2. The molecule has 4 aromatic rings. The van der Waals surface area contributed by atoms with E-state index in [0.29, 0.717) is 16.7 Å². The van der Waals surface area contributed by atoms with E-state index in [1.54, 1.807) is 59.7 Å². The summed E-state index contributed by atoms with van der Waals surface area (Å²) in [6.07, 6.45) is -7.40. The number of carbonyl (C=O) groups is 2. The first-order valence-corrected chi connectivity index (χ1v) is 30.0. The van der Waals surface area contributed by atoms with Crippen LogP contribution in [0.5, 0.6) is 0 Å². The number of nitriles is 2. The van der Waals surface area contributed by atoms with Gasteiger partial charge in [-0.1, -0.05) is 72.5 Å². The number of aliphatic hydroxyl groups excluding tert-OH is 4. The van der Waals surface area contributed by atoms with Crippen LogP contribution in [0.4, 0.5) is 11.4 Å². The van der Waals surface area contributed by atoms with Crippen molar-refractivity contribution in [3.05, 3.63) is 60.2 Å². The van der Waals surface area contributed by atoms with Gasteiger partial charge in [0.05, 0.1) is 60.2 Å². The van der Waals surface area contributed by atoms with Crippen LogP contribution in [-0.2, 0) is 75.2 Å². The molecule has 0 bridgehead atoms. The second-order valence-electron chi connectivity index (χ2n) is 18.6. The summed E-state index contributed by atoms with van der Waals surface area (Å²) < 4.78 is 89.4. The quantitative estimate of drug-likeness (QED) is 0.0448. The third kappa shape index (κ3) is 15.8. The van der Waals surface area contributed by atoms with E-state index in [1.165, 1.54) is 45.7 Å². The van der Waals surface area contributed by atoms with Gasteiger partial charge in [0, 0.05) is 34.7 Å². The summed E-state index contributed by atoms with van der Waals surface area (Å²) in [7, 11) is -21.2. The van der Waals surface area contributed by atoms with E-state index < -0.39 is 103 Å². The molecule has 6 heterocycles. The molecule has 36 heteroatoms. The van der Waals surface area contributed by atoms with Crippen molar-refractivity contribution in [2.75, 3.05) is 49.4 Å². The molecule has 0 amide bonds. The fourth-order valence-electron chi connectivity index (χ4n) is 7.02. The number of nitrogens with zero attached hydrogens (tertiary/aromatic N) is 6. The molecule has 10 atom stereocenters. The zero-order valence-electron chi connectivity index (χ0n) is 41.1. The van der Waals surface area contributed by atoms with E-state index in [4.69, 9.17) is 49.2 Å². The van der Waals surface area contributed by atoms with E-state index in [-0.39, 0.29) is 59.5 Å². The van der Waals surface area contributed by atoms with Crippen LogP contribution in [0.15, 0.2) is 48.8 Å². The molecule has 30 nitrogen and oxygen atoms in total. The molecule has 77 heavy (non-hydrogen) atoms. The fraction of sp³-hybridized carbons (Fsp3) is 0.561. The second kappa shape index (κ2) is 25.4. The van der Waals surface area contributed by atoms with Crippen LogP contribution in [0.25, 0.3) is 11.0 Å². The Labute approximate surface area is 448 Å². The van der Waals surface area contributed by atoms with Crippen LogP contribution in [0.3, 0.4) is 0 Å². The van der Waals surface area contributed by atoms with Crippen LogP contribution in [0, 0.1) is 33.5 Å². The van der Waals surface area contributed by atoms with Gasteiger partial charge in [0.1, 0.15) is 48.8 Å². The average molecular weight is 1200 g/mol. The molecule has 6 rings (SSSR count). The van der Waals surface area contributed by atoms with Crippen molar-refractivity contribution >= 4 is 87.5 Å². The molecular weight excluding hydrogens is 1140 g/mol. The minimum atomic E-state index is -5.76. The van der Waals surface area contributed by atoms with Gasteiger partial charge < -0.3 is 60.9 Å². The maximum atomic E-state index is 13.6. The summed E-state index contributed by atoms with van der Waals surface area (Å²) in [6.45, 7) is 8.68. The molecule has 2 fully saturated rings. The lowest BCUT2D eigenvalue weighted by atomic mass is 9.92. The zero-order chi connectivity index (χ0) is 57.0. The maximum Gasteiger partial charge on any atom is 0.490 e. The van der Waals surface area contributed by atoms with Gasteiger partial charge in [-0.2, -0.15) is 29.3 Å². The Morgan fingerprint density at radius 1 is 0.662 bits per heavy atom. The number of nitrogens with two attached hydrogens (primary N) is 2. The number of phosphoric acid groups is 4. The van der Waals surface area contributed by atoms with Crippen molar-refractivity contribution in [1.82, 2.24) is 19.2 Å². The molecule has 0 saturated carbocycles. The van der Waals surface area contributed by atoms with Crippen LogP contribution < -0.4 is 11.5 Å². The van der Waals surface area contributed by atoms with Crippen molar-refractivity contribution in [2.24, 2.45) is 10.8 Å². The predicted molar refractivity (Wildman–Crippen MR) is 273 cm³/mol. The van der Waals surface area contributed by atoms with Gasteiger partial charge in [-0.25, -0.2) is 27.3 Å². The van der Waals surface area contributed by atoms with Gasteiger partial charge in [0.2, 0.25) is 11.2 Å². The highest BCUT2D eigenvalue weighted by atomic mass is 32.2. The molecule has 2 saturated heterocycles. The van der Waals surface area contributed by atoms with E-state index in [9.17, 15) is 63.7 Å². The summed E-state index contributed by atoms with van der Waals surface area (Å²) >= 11 is 2.02. The molecule has 2 aliphatic heterocycles. The van der Waals surface area contributed by atoms with Crippen molar-refractivity contribution in [1.29, 1.82) is 10.5 Å². The van der Waals surface area contributed by atoms with Crippen molar-refractivity contribution in [3.8, 4) is 12.1 Å². The van der Waals surface area contributed by atoms with Crippen molar-refractivity contribution < 1.29 is 104 Å². The highest BCUT2D eigenvalue weighted by Gasteiger charge is 2.59. The summed E-state index contributed by atoms with van der Waals surface area (Å²) in [4.78, 5) is 60.2. The van der Waals surface area contributed by atoms with E-state index in [2.05, 4.69) is 23.3 Å². The third-order valence-corrected chi connectivity index (χ3v) is 18.5. The SMILES string of the molecule is C.CC(C)(C)C(=O)SCCOP(=O)(OCCSC(=O)C(C)(C)C)OC[C@H]1O[C@@](C#N)(c2ccc3c(N)ccnn23)[C@H](O)[C@@H]1O.N#C[C@@]1(c2ccc3c(N)ccnn23)O[C@H](COP(=O)(O)OP(=O)(O)OP(=O)(O)O)[C@@H](O)[C@H]1O. The van der Waals surface area contributed by atoms with Gasteiger partial charge in [-0.3, -0.25) is 27.7 Å². The summed E-state index contributed by atoms with van der Waals surface area (Å²) in [5.41, 5.74) is 7.95. The Bertz CT molecular complexity index is 3010. The van der Waals surface area contributed by atoms with Crippen molar-refractivity contribution in [3.63, 3.8) is 0 Å². The second-order valence-corrected chi connectivity index (χ2v) is 26.8. The van der Waals surface area contributed by atoms with Crippen LogP contribution >= 0.6 is 54.8 Å². The molecule has 0 spiro atoms. The molecule has 2 aliphatic rings. The molecule has 12 N–H and O–H groups in total. The monoisotopic (exact) mass is 1200 g/mol. The molecule has 0 aromatic carbocycles. The van der Waals surface area contributed by atoms with Crippen molar-refractivity contribution in [2.45, 2.75) is 96.8 Å². The van der Waals surface area contributed by atoms with Gasteiger partial charge in [-0.15, -0.1) is 0 Å². The molecule has 2 unspecified atom stereocenters. The minimum Gasteiger partial charge on any atom is -0.397 e. The number of hydrogen-bond donors (Lipinski definition) is 10. The first-order chi connectivity index (χ1) is 35.1. The number of ether oxygens (including phenoxy) is 2. The normalized spacial score (nSPS) is 25.5. The highest BCUT2D eigenvalue weighted by molar-refractivity contribution is 8.14. The number of carbonyl (C=O) groups excluding carboxylic acids is 2. The lowest BCUT2D eigenvalue weighted by Crippen LogP contribution is -2.41. The highest BCUT2D eigenvalue weighted by Crippen LogP contribution is 2.66. The third-order valence-electron chi connectivity index (χ3n) is 10.8. The van der Waals surface area contributed by atoms with Crippen LogP contribution in [-0.4, -0.2) is 144 Å². The number of fused-ring (bicyclic) bond motifs is 2. The predicted octanol–water partition coefficient (Wildman–Crippen LogP) is 3.26. The van der Waals surface area contributed by atoms with Gasteiger partial charge in [0.25, 0.3) is 0 Å². The van der Waals surface area contributed by atoms with E-state index >= 15 is 0 Å². The number of aromatic nitrogens is 4. The van der Waals surface area contributed by atoms with Crippen LogP contribution in [0.2, 0.25) is 0 Å². The molecular formula is C41H60N8O22P4S2. The molecule has 0 aliphatic carbocycles. The van der Waals surface area contributed by atoms with Crippen LogP contribution in [0.1, 0.15) is 60.4 Å². The van der Waals surface area contributed by atoms with E-state index in [0.717, 1.165) is 23.5 Å². The minimum absolute atomic E-state index is 0. The topological polar surface area (TPSA) is 472 Å². The van der Waals surface area contributed by atoms with Gasteiger partial charge in [0.15, 0.2) is 10.2 Å². The van der Waals surface area contributed by atoms with Gasteiger partial charge in [-0.05, 0) is 36.4 Å². The average Bonchev–Trinajstić information content (AvgIpc) is 4.07. The lowest BCUT2D eigenvalue weighted by Gasteiger charge is -2.24. The summed E-state index contributed by atoms with van der Waals surface area (Å²) in [5.74, 6) is 0.334. The fourth-order valence-corrected chi connectivity index (χ4v) is 13.0. The standard InChI is InChI=1S/C27H39N4O9PS2.C13H17N4O13P3.CH4/c1-25(2,3)23(34)42-13-11-37-41(36,38-12-14-43-24(35)26(4,5)6)39-15-19-21(32)22(33)27(16-28,40-19)20-8-7-18-17(29)9-10-30-31(18)20;14-6-13(10-2-1-8-7(15)3-4-16-17(8)10)12(19)11(18)9(28-13)5-27-32(23,24)30-33(25,26)29-31(20,21)22;/h7-10,19,21-22,32-33H,11-15,29H2,1-6H3;1-4,9,11-12,18-19H,5,15H2,(H,23,24)(H,25,26)(H2,20,21,22);1H4/t19-,21-,22-,27+;9-,11-,12-,13+;/m11./s1. The number of anilines is 2.